The first-order chi connectivity index (χ1) is 13.1. The lowest BCUT2D eigenvalue weighted by atomic mass is 10.2. The zero-order valence-electron chi connectivity index (χ0n) is 15.3. The molecule has 3 rings (SSSR count). The minimum Gasteiger partial charge on any atom is -0.497 e. The molecule has 0 bridgehead atoms. The van der Waals surface area contributed by atoms with Gasteiger partial charge in [0.25, 0.3) is 5.91 Å². The number of rotatable bonds is 7. The quantitative estimate of drug-likeness (QED) is 0.630. The molecule has 8 heteroatoms. The predicted molar refractivity (Wildman–Crippen MR) is 104 cm³/mol. The highest BCUT2D eigenvalue weighted by Crippen LogP contribution is 2.24. The van der Waals surface area contributed by atoms with Crippen LogP contribution in [0.3, 0.4) is 0 Å². The van der Waals surface area contributed by atoms with Crippen molar-refractivity contribution >= 4 is 17.7 Å². The van der Waals surface area contributed by atoms with E-state index in [4.69, 9.17) is 9.47 Å². The fraction of sp³-hybridized carbons (Fsp3) is 0.211. The number of thioether (sulfide) groups is 1. The van der Waals surface area contributed by atoms with Crippen molar-refractivity contribution in [3.63, 3.8) is 0 Å². The summed E-state index contributed by atoms with van der Waals surface area (Å²) in [5.41, 5.74) is 4.42. The van der Waals surface area contributed by atoms with Crippen LogP contribution in [-0.2, 0) is 5.75 Å². The van der Waals surface area contributed by atoms with E-state index >= 15 is 0 Å². The average molecular weight is 384 g/mol. The number of aryl methyl sites for hydroxylation is 1. The highest BCUT2D eigenvalue weighted by molar-refractivity contribution is 7.98. The summed E-state index contributed by atoms with van der Waals surface area (Å²) in [7, 11) is 3.08. The zero-order valence-corrected chi connectivity index (χ0v) is 16.1. The molecular weight excluding hydrogens is 364 g/mol. The number of carbonyl (C=O) groups excluding carboxylic acids is 1. The van der Waals surface area contributed by atoms with Gasteiger partial charge in [0, 0.05) is 17.4 Å². The number of nitrogens with zero attached hydrogens (tertiary/aromatic N) is 3. The molecule has 1 aromatic heterocycles. The molecule has 0 spiro atoms. The number of ether oxygens (including phenoxy) is 2. The number of methoxy groups -OCH3 is 2. The normalized spacial score (nSPS) is 10.5. The average Bonchev–Trinajstić information content (AvgIpc) is 3.06. The lowest BCUT2D eigenvalue weighted by molar-refractivity contribution is 0.100. The second-order valence-electron chi connectivity index (χ2n) is 5.68. The maximum atomic E-state index is 12.7. The molecule has 2 aromatic carbocycles. The second kappa shape index (κ2) is 8.59. The van der Waals surface area contributed by atoms with Crippen LogP contribution < -0.4 is 14.9 Å². The van der Waals surface area contributed by atoms with Gasteiger partial charge in [0.2, 0.25) is 5.16 Å². The second-order valence-corrected chi connectivity index (χ2v) is 6.62. The largest absolute Gasteiger partial charge is 0.497 e. The van der Waals surface area contributed by atoms with Crippen molar-refractivity contribution < 1.29 is 14.3 Å². The summed E-state index contributed by atoms with van der Waals surface area (Å²) in [6.07, 6.45) is 0. The molecular formula is C19H20N4O3S. The Hall–Kier alpha value is -3.00. The Balaban J connectivity index is 1.77. The van der Waals surface area contributed by atoms with E-state index in [1.165, 1.54) is 17.3 Å². The maximum Gasteiger partial charge on any atom is 0.270 e. The van der Waals surface area contributed by atoms with Crippen LogP contribution in [0.1, 0.15) is 21.7 Å². The van der Waals surface area contributed by atoms with Crippen LogP contribution in [0, 0.1) is 6.92 Å². The minimum atomic E-state index is -0.309. The van der Waals surface area contributed by atoms with Crippen molar-refractivity contribution in [2.45, 2.75) is 17.8 Å². The number of hydrogen-bond acceptors (Lipinski definition) is 6. The van der Waals surface area contributed by atoms with Crippen molar-refractivity contribution in [3.05, 3.63) is 65.5 Å². The van der Waals surface area contributed by atoms with Crippen LogP contribution in [0.5, 0.6) is 11.5 Å². The van der Waals surface area contributed by atoms with Gasteiger partial charge in [-0.15, -0.1) is 10.2 Å². The Kier molecular flexibility index (Phi) is 5.97. The van der Waals surface area contributed by atoms with E-state index < -0.39 is 0 Å². The standard InChI is InChI=1S/C19H20N4O3S/c1-13-20-21-19(27-12-14-7-5-4-6-8-14)23(13)22-18(24)15-9-16(25-2)11-17(10-15)26-3/h4-11H,12H2,1-3H3,(H,22,24). The Morgan fingerprint density at radius 3 is 2.37 bits per heavy atom. The molecule has 0 aliphatic carbocycles. The molecule has 0 atom stereocenters. The summed E-state index contributed by atoms with van der Waals surface area (Å²) in [6.45, 7) is 1.78. The van der Waals surface area contributed by atoms with Gasteiger partial charge in [-0.05, 0) is 24.6 Å². The smallest absolute Gasteiger partial charge is 0.270 e. The first kappa shape index (κ1) is 18.8. The highest BCUT2D eigenvalue weighted by Gasteiger charge is 2.15. The van der Waals surface area contributed by atoms with Crippen molar-refractivity contribution in [3.8, 4) is 11.5 Å². The number of amides is 1. The van der Waals surface area contributed by atoms with Crippen LogP contribution in [0.4, 0.5) is 0 Å². The van der Waals surface area contributed by atoms with Crippen LogP contribution in [0.25, 0.3) is 0 Å². The molecule has 0 aliphatic heterocycles. The molecule has 27 heavy (non-hydrogen) atoms. The number of benzene rings is 2. The molecule has 0 unspecified atom stereocenters. The fourth-order valence-electron chi connectivity index (χ4n) is 2.39. The molecule has 1 heterocycles. The molecule has 0 radical (unpaired) electrons. The lowest BCUT2D eigenvalue weighted by Crippen LogP contribution is -2.24. The summed E-state index contributed by atoms with van der Waals surface area (Å²) >= 11 is 1.50. The van der Waals surface area contributed by atoms with Gasteiger partial charge in [0.15, 0.2) is 0 Å². The van der Waals surface area contributed by atoms with E-state index in [2.05, 4.69) is 15.6 Å². The number of nitrogens with one attached hydrogen (secondary N) is 1. The van der Waals surface area contributed by atoms with Crippen LogP contribution in [0.2, 0.25) is 0 Å². The zero-order chi connectivity index (χ0) is 19.2. The Bertz CT molecular complexity index is 906. The summed E-state index contributed by atoms with van der Waals surface area (Å²) < 4.78 is 12.0. The topological polar surface area (TPSA) is 78.3 Å². The molecule has 0 saturated carbocycles. The molecule has 1 amide bonds. The Morgan fingerprint density at radius 2 is 1.74 bits per heavy atom. The number of aromatic nitrogens is 3. The number of carbonyl (C=O) groups is 1. The van der Waals surface area contributed by atoms with E-state index in [1.54, 1.807) is 44.0 Å². The first-order valence-electron chi connectivity index (χ1n) is 8.24. The Labute approximate surface area is 161 Å². The highest BCUT2D eigenvalue weighted by atomic mass is 32.2. The van der Waals surface area contributed by atoms with Crippen LogP contribution in [0.15, 0.2) is 53.7 Å². The van der Waals surface area contributed by atoms with Crippen molar-refractivity contribution in [2.75, 3.05) is 19.6 Å². The monoisotopic (exact) mass is 384 g/mol. The summed E-state index contributed by atoms with van der Waals surface area (Å²) in [5.74, 6) is 2.09. The SMILES string of the molecule is COc1cc(OC)cc(C(=O)Nn2c(C)nnc2SCc2ccccc2)c1. The summed E-state index contributed by atoms with van der Waals surface area (Å²) in [5, 5.41) is 8.84. The van der Waals surface area contributed by atoms with E-state index in [0.29, 0.717) is 28.0 Å². The van der Waals surface area contributed by atoms with Crippen molar-refractivity contribution in [2.24, 2.45) is 0 Å². The van der Waals surface area contributed by atoms with E-state index in [0.717, 1.165) is 5.75 Å². The van der Waals surface area contributed by atoms with E-state index in [1.807, 2.05) is 30.3 Å². The molecule has 0 aliphatic rings. The predicted octanol–water partition coefficient (Wildman–Crippen LogP) is 3.28. The lowest BCUT2D eigenvalue weighted by Gasteiger charge is -2.12. The summed E-state index contributed by atoms with van der Waals surface area (Å²) in [6, 6.07) is 15.0. The first-order valence-corrected chi connectivity index (χ1v) is 9.22. The van der Waals surface area contributed by atoms with Gasteiger partial charge in [-0.3, -0.25) is 10.2 Å². The molecule has 0 fully saturated rings. The molecule has 0 saturated heterocycles. The van der Waals surface area contributed by atoms with E-state index in [9.17, 15) is 4.79 Å². The summed E-state index contributed by atoms with van der Waals surface area (Å²) in [4.78, 5) is 12.7. The minimum absolute atomic E-state index is 0.309. The third kappa shape index (κ3) is 4.59. The number of hydrogen-bond donors (Lipinski definition) is 1. The van der Waals surface area contributed by atoms with E-state index in [-0.39, 0.29) is 5.91 Å². The third-order valence-electron chi connectivity index (χ3n) is 3.83. The molecule has 140 valence electrons. The van der Waals surface area contributed by atoms with Crippen LogP contribution in [-0.4, -0.2) is 35.0 Å². The van der Waals surface area contributed by atoms with Gasteiger partial charge in [0.1, 0.15) is 17.3 Å². The fourth-order valence-corrected chi connectivity index (χ4v) is 3.29. The van der Waals surface area contributed by atoms with Gasteiger partial charge < -0.3 is 9.47 Å². The van der Waals surface area contributed by atoms with Gasteiger partial charge >= 0.3 is 0 Å². The molecule has 3 aromatic rings. The van der Waals surface area contributed by atoms with Gasteiger partial charge in [-0.25, -0.2) is 4.68 Å². The van der Waals surface area contributed by atoms with Crippen molar-refractivity contribution in [1.82, 2.24) is 14.9 Å². The van der Waals surface area contributed by atoms with Crippen LogP contribution >= 0.6 is 11.8 Å². The Morgan fingerprint density at radius 1 is 1.07 bits per heavy atom. The molecule has 1 N–H and O–H groups in total. The maximum absolute atomic E-state index is 12.7. The van der Waals surface area contributed by atoms with Gasteiger partial charge in [-0.2, -0.15) is 0 Å². The molecule has 7 nitrogen and oxygen atoms in total. The van der Waals surface area contributed by atoms with Gasteiger partial charge in [-0.1, -0.05) is 42.1 Å². The van der Waals surface area contributed by atoms with Gasteiger partial charge in [0.05, 0.1) is 14.2 Å². The van der Waals surface area contributed by atoms with Crippen molar-refractivity contribution in [1.29, 1.82) is 0 Å². The third-order valence-corrected chi connectivity index (χ3v) is 4.83.